The van der Waals surface area contributed by atoms with Crippen LogP contribution in [0.25, 0.3) is 0 Å². The molecule has 1 saturated carbocycles. The third-order valence-electron chi connectivity index (χ3n) is 6.67. The van der Waals surface area contributed by atoms with Crippen LogP contribution in [0.2, 0.25) is 0 Å². The molecule has 2 bridgehead atoms. The van der Waals surface area contributed by atoms with Crippen molar-refractivity contribution in [2.24, 2.45) is 23.7 Å². The van der Waals surface area contributed by atoms with E-state index in [0.29, 0.717) is 19.5 Å². The van der Waals surface area contributed by atoms with Crippen LogP contribution in [0.5, 0.6) is 0 Å². The normalized spacial score (nSPS) is 28.1. The number of likely N-dealkylation sites (tertiary alicyclic amines) is 1. The van der Waals surface area contributed by atoms with Gasteiger partial charge in [-0.05, 0) is 36.7 Å². The molecule has 29 heavy (non-hydrogen) atoms. The quantitative estimate of drug-likeness (QED) is 0.503. The molecule has 5 nitrogen and oxygen atoms in total. The van der Waals surface area contributed by atoms with Gasteiger partial charge >= 0.3 is 0 Å². The number of amides is 3. The van der Waals surface area contributed by atoms with Crippen molar-refractivity contribution in [3.05, 3.63) is 48.0 Å². The molecule has 3 aliphatic rings. The summed E-state index contributed by atoms with van der Waals surface area (Å²) in [4.78, 5) is 43.5. The first kappa shape index (κ1) is 19.9. The number of hydrogen-bond acceptors (Lipinski definition) is 3. The van der Waals surface area contributed by atoms with Crippen molar-refractivity contribution in [1.82, 2.24) is 9.80 Å². The molecule has 1 aliphatic heterocycles. The zero-order valence-corrected chi connectivity index (χ0v) is 17.3. The van der Waals surface area contributed by atoms with Crippen molar-refractivity contribution in [1.29, 1.82) is 0 Å². The molecule has 1 aromatic rings. The van der Waals surface area contributed by atoms with Crippen molar-refractivity contribution in [3.63, 3.8) is 0 Å². The van der Waals surface area contributed by atoms with Gasteiger partial charge in [0.1, 0.15) is 6.04 Å². The van der Waals surface area contributed by atoms with Crippen LogP contribution < -0.4 is 0 Å². The first-order valence-electron chi connectivity index (χ1n) is 10.9. The van der Waals surface area contributed by atoms with Gasteiger partial charge in [0.2, 0.25) is 17.7 Å². The number of hydrogen-bond donors (Lipinski definition) is 0. The minimum absolute atomic E-state index is 0.0977. The van der Waals surface area contributed by atoms with Crippen LogP contribution in [0, 0.1) is 23.7 Å². The van der Waals surface area contributed by atoms with Crippen molar-refractivity contribution < 1.29 is 14.4 Å². The molecule has 5 heteroatoms. The van der Waals surface area contributed by atoms with E-state index >= 15 is 0 Å². The standard InChI is InChI=1S/C24H30N2O3/c1-3-12-25(13-4-2)22(27)19(14-16-8-6-5-7-9-16)26-23(28)20-17-10-11-18(15-17)21(20)24(26)29/h5-11,17-21H,3-4,12-15H2,1-2H3/t17-,18-,19-,20-,21+/m0/s1. The van der Waals surface area contributed by atoms with E-state index in [1.54, 1.807) is 0 Å². The van der Waals surface area contributed by atoms with Crippen LogP contribution in [0.15, 0.2) is 42.5 Å². The lowest BCUT2D eigenvalue weighted by Crippen LogP contribution is -2.53. The van der Waals surface area contributed by atoms with Crippen molar-refractivity contribution in [2.75, 3.05) is 13.1 Å². The summed E-state index contributed by atoms with van der Waals surface area (Å²) in [5, 5.41) is 0. The lowest BCUT2D eigenvalue weighted by molar-refractivity contribution is -0.152. The largest absolute Gasteiger partial charge is 0.341 e. The van der Waals surface area contributed by atoms with E-state index in [4.69, 9.17) is 0 Å². The summed E-state index contributed by atoms with van der Waals surface area (Å²) < 4.78 is 0. The number of fused-ring (bicyclic) bond motifs is 5. The van der Waals surface area contributed by atoms with E-state index in [9.17, 15) is 14.4 Å². The molecular formula is C24H30N2O3. The third-order valence-corrected chi connectivity index (χ3v) is 6.67. The van der Waals surface area contributed by atoms with E-state index in [2.05, 4.69) is 12.2 Å². The van der Waals surface area contributed by atoms with Gasteiger partial charge in [0.25, 0.3) is 0 Å². The van der Waals surface area contributed by atoms with Gasteiger partial charge in [0, 0.05) is 19.5 Å². The van der Waals surface area contributed by atoms with Crippen molar-refractivity contribution >= 4 is 17.7 Å². The van der Waals surface area contributed by atoms with E-state index in [0.717, 1.165) is 24.8 Å². The highest BCUT2D eigenvalue weighted by molar-refractivity contribution is 6.09. The Hall–Kier alpha value is -2.43. The number of carbonyl (C=O) groups excluding carboxylic acids is 3. The van der Waals surface area contributed by atoms with E-state index in [-0.39, 0.29) is 41.4 Å². The Morgan fingerprint density at radius 1 is 1.00 bits per heavy atom. The molecule has 4 rings (SSSR count). The van der Waals surface area contributed by atoms with Gasteiger partial charge in [0.15, 0.2) is 0 Å². The molecular weight excluding hydrogens is 364 g/mol. The van der Waals surface area contributed by atoms with Gasteiger partial charge in [0.05, 0.1) is 11.8 Å². The summed E-state index contributed by atoms with van der Waals surface area (Å²) in [5.74, 6) is -0.607. The molecule has 3 amide bonds. The number of rotatable bonds is 8. The maximum atomic E-state index is 13.6. The fourth-order valence-corrected chi connectivity index (χ4v) is 5.44. The lowest BCUT2D eigenvalue weighted by atomic mass is 9.85. The summed E-state index contributed by atoms with van der Waals surface area (Å²) in [5.41, 5.74) is 0.970. The Balaban J connectivity index is 1.66. The van der Waals surface area contributed by atoms with E-state index < -0.39 is 6.04 Å². The number of benzene rings is 1. The Morgan fingerprint density at radius 2 is 1.55 bits per heavy atom. The Labute approximate surface area is 172 Å². The van der Waals surface area contributed by atoms with Gasteiger partial charge in [-0.3, -0.25) is 19.3 Å². The predicted octanol–water partition coefficient (Wildman–Crippen LogP) is 3.05. The second-order valence-electron chi connectivity index (χ2n) is 8.58. The average Bonchev–Trinajstić information content (AvgIpc) is 3.41. The summed E-state index contributed by atoms with van der Waals surface area (Å²) in [6.45, 7) is 5.38. The van der Waals surface area contributed by atoms with E-state index in [1.165, 1.54) is 4.90 Å². The maximum absolute atomic E-state index is 13.6. The molecule has 154 valence electrons. The van der Waals surface area contributed by atoms with Gasteiger partial charge in [-0.1, -0.05) is 56.3 Å². The zero-order chi connectivity index (χ0) is 20.5. The Kier molecular flexibility index (Phi) is 5.57. The van der Waals surface area contributed by atoms with Crippen LogP contribution in [-0.2, 0) is 20.8 Å². The second-order valence-corrected chi connectivity index (χ2v) is 8.58. The first-order valence-corrected chi connectivity index (χ1v) is 10.9. The number of carbonyl (C=O) groups is 3. The third kappa shape index (κ3) is 3.41. The first-order chi connectivity index (χ1) is 14.1. The molecule has 1 heterocycles. The number of nitrogens with zero attached hydrogens (tertiary/aromatic N) is 2. The highest BCUT2D eigenvalue weighted by atomic mass is 16.2. The van der Waals surface area contributed by atoms with Crippen LogP contribution >= 0.6 is 0 Å². The van der Waals surface area contributed by atoms with Crippen LogP contribution in [0.1, 0.15) is 38.7 Å². The fraction of sp³-hybridized carbons (Fsp3) is 0.542. The molecule has 0 spiro atoms. The summed E-state index contributed by atoms with van der Waals surface area (Å²) >= 11 is 0. The monoisotopic (exact) mass is 394 g/mol. The smallest absolute Gasteiger partial charge is 0.246 e. The molecule has 5 atom stereocenters. The number of allylic oxidation sites excluding steroid dienone is 2. The van der Waals surface area contributed by atoms with Crippen LogP contribution in [0.4, 0.5) is 0 Å². The Morgan fingerprint density at radius 3 is 2.07 bits per heavy atom. The van der Waals surface area contributed by atoms with Gasteiger partial charge in [-0.25, -0.2) is 0 Å². The second kappa shape index (κ2) is 8.13. The molecule has 0 unspecified atom stereocenters. The SMILES string of the molecule is CCCN(CCC)C(=O)[C@H](Cc1ccccc1)N1C(=O)[C@@H]2[C@H](C1=O)[C@H]1C=C[C@H]2C1. The molecule has 1 saturated heterocycles. The molecule has 1 aromatic carbocycles. The fourth-order valence-electron chi connectivity index (χ4n) is 5.44. The molecule has 0 aromatic heterocycles. The Bertz CT molecular complexity index is 783. The minimum Gasteiger partial charge on any atom is -0.341 e. The van der Waals surface area contributed by atoms with Crippen molar-refractivity contribution in [2.45, 2.75) is 45.6 Å². The predicted molar refractivity (Wildman–Crippen MR) is 111 cm³/mol. The summed E-state index contributed by atoms with van der Waals surface area (Å²) in [7, 11) is 0. The van der Waals surface area contributed by atoms with Gasteiger partial charge in [-0.15, -0.1) is 0 Å². The molecule has 0 N–H and O–H groups in total. The van der Waals surface area contributed by atoms with Crippen LogP contribution in [0.3, 0.4) is 0 Å². The highest BCUT2D eigenvalue weighted by Gasteiger charge is 2.61. The molecule has 2 fully saturated rings. The summed E-state index contributed by atoms with van der Waals surface area (Å²) in [6, 6.07) is 8.96. The zero-order valence-electron chi connectivity index (χ0n) is 17.3. The minimum atomic E-state index is -0.750. The highest BCUT2D eigenvalue weighted by Crippen LogP contribution is 2.53. The number of imide groups is 1. The van der Waals surface area contributed by atoms with Gasteiger partial charge < -0.3 is 4.90 Å². The van der Waals surface area contributed by atoms with Crippen LogP contribution in [-0.4, -0.2) is 46.7 Å². The van der Waals surface area contributed by atoms with E-state index in [1.807, 2.05) is 49.1 Å². The lowest BCUT2D eigenvalue weighted by Gasteiger charge is -2.32. The molecule has 2 aliphatic carbocycles. The maximum Gasteiger partial charge on any atom is 0.246 e. The topological polar surface area (TPSA) is 57.7 Å². The summed E-state index contributed by atoms with van der Waals surface area (Å²) in [6.07, 6.45) is 7.17. The molecule has 0 radical (unpaired) electrons. The van der Waals surface area contributed by atoms with Crippen molar-refractivity contribution in [3.8, 4) is 0 Å². The van der Waals surface area contributed by atoms with Gasteiger partial charge in [-0.2, -0.15) is 0 Å². The average molecular weight is 395 g/mol.